The van der Waals surface area contributed by atoms with Crippen LogP contribution in [0, 0.1) is 0 Å². The Morgan fingerprint density at radius 2 is 0.915 bits per heavy atom. The fourth-order valence-electron chi connectivity index (χ4n) is 6.46. The summed E-state index contributed by atoms with van der Waals surface area (Å²) in [5, 5.41) is 50.1. The highest BCUT2D eigenvalue weighted by Crippen LogP contribution is 2.47. The van der Waals surface area contributed by atoms with Gasteiger partial charge in [0.1, 0.15) is 43.2 Å². The first-order valence-electron chi connectivity index (χ1n) is 22.4. The van der Waals surface area contributed by atoms with Crippen molar-refractivity contribution >= 4 is 19.8 Å². The van der Waals surface area contributed by atoms with E-state index in [9.17, 15) is 44.6 Å². The smallest absolute Gasteiger partial charge is 0.462 e. The highest BCUT2D eigenvalue weighted by molar-refractivity contribution is 7.47. The fraction of sp³-hybridized carbons (Fsp3) is 0.778. The maximum Gasteiger partial charge on any atom is 0.472 e. The van der Waals surface area contributed by atoms with Gasteiger partial charge in [-0.3, -0.25) is 18.6 Å². The molecule has 0 aromatic heterocycles. The SMILES string of the molecule is CCCCC/C=C/C/C=C/CCCCCCCC(=O)OCC(COP(=O)(O)OC1[C@@H](O)[C@H](O)C(O)[C@H](O)[C@@H]1O)OC(=O)CCCCCCC/C=C/C/C=C/CCCCC. The van der Waals surface area contributed by atoms with E-state index in [0.717, 1.165) is 89.9 Å². The highest BCUT2D eigenvalue weighted by atomic mass is 31.2. The number of hydrogen-bond acceptors (Lipinski definition) is 12. The van der Waals surface area contributed by atoms with Gasteiger partial charge in [0.25, 0.3) is 0 Å². The second-order valence-corrected chi connectivity index (χ2v) is 16.9. The van der Waals surface area contributed by atoms with Crippen LogP contribution in [-0.2, 0) is 32.7 Å². The summed E-state index contributed by atoms with van der Waals surface area (Å²) in [6.45, 7) is 3.21. The zero-order valence-electron chi connectivity index (χ0n) is 36.0. The lowest BCUT2D eigenvalue weighted by Gasteiger charge is -2.41. The predicted octanol–water partition coefficient (Wildman–Crippen LogP) is 8.39. The van der Waals surface area contributed by atoms with Crippen molar-refractivity contribution in [3.63, 3.8) is 0 Å². The molecule has 13 nitrogen and oxygen atoms in total. The van der Waals surface area contributed by atoms with E-state index >= 15 is 0 Å². The first-order chi connectivity index (χ1) is 28.4. The maximum atomic E-state index is 12.8. The van der Waals surface area contributed by atoms with Crippen LogP contribution in [-0.4, -0.2) is 98.3 Å². The van der Waals surface area contributed by atoms with E-state index in [1.165, 1.54) is 38.5 Å². The van der Waals surface area contributed by atoms with Gasteiger partial charge in [0.2, 0.25) is 0 Å². The minimum Gasteiger partial charge on any atom is -0.462 e. The van der Waals surface area contributed by atoms with Crippen molar-refractivity contribution in [2.24, 2.45) is 0 Å². The topological polar surface area (TPSA) is 210 Å². The first-order valence-corrected chi connectivity index (χ1v) is 23.9. The summed E-state index contributed by atoms with van der Waals surface area (Å²) in [4.78, 5) is 35.6. The van der Waals surface area contributed by atoms with Crippen LogP contribution in [0.5, 0.6) is 0 Å². The molecule has 4 unspecified atom stereocenters. The maximum absolute atomic E-state index is 12.8. The zero-order chi connectivity index (χ0) is 43.6. The third-order valence-corrected chi connectivity index (χ3v) is 11.1. The number of aliphatic hydroxyl groups is 5. The Kier molecular flexibility index (Phi) is 32.9. The molecule has 342 valence electrons. The van der Waals surface area contributed by atoms with Crippen molar-refractivity contribution in [3.05, 3.63) is 48.6 Å². The largest absolute Gasteiger partial charge is 0.472 e. The molecule has 0 saturated heterocycles. The summed E-state index contributed by atoms with van der Waals surface area (Å²) in [7, 11) is -5.12. The number of unbranched alkanes of at least 4 members (excludes halogenated alkanes) is 16. The number of carbonyl (C=O) groups is 2. The number of allylic oxidation sites excluding steroid dienone is 8. The molecule has 59 heavy (non-hydrogen) atoms. The number of esters is 2. The van der Waals surface area contributed by atoms with Crippen LogP contribution in [0.3, 0.4) is 0 Å². The number of phosphoric acid groups is 1. The van der Waals surface area contributed by atoms with Crippen LogP contribution in [0.2, 0.25) is 0 Å². The van der Waals surface area contributed by atoms with Crippen LogP contribution in [0.25, 0.3) is 0 Å². The summed E-state index contributed by atoms with van der Waals surface area (Å²) in [5.41, 5.74) is 0. The number of carbonyl (C=O) groups excluding carboxylic acids is 2. The van der Waals surface area contributed by atoms with E-state index in [-0.39, 0.29) is 12.8 Å². The van der Waals surface area contributed by atoms with Crippen LogP contribution < -0.4 is 0 Å². The molecule has 1 aliphatic rings. The molecule has 0 bridgehead atoms. The van der Waals surface area contributed by atoms with Crippen molar-refractivity contribution in [1.29, 1.82) is 0 Å². The van der Waals surface area contributed by atoms with E-state index in [4.69, 9.17) is 18.5 Å². The van der Waals surface area contributed by atoms with Gasteiger partial charge in [0, 0.05) is 12.8 Å². The normalized spacial score (nSPS) is 22.8. The lowest BCUT2D eigenvalue weighted by Crippen LogP contribution is -2.64. The number of rotatable bonds is 36. The van der Waals surface area contributed by atoms with Crippen molar-refractivity contribution in [2.75, 3.05) is 13.2 Å². The molecule has 6 N–H and O–H groups in total. The molecule has 14 heteroatoms. The molecule has 0 radical (unpaired) electrons. The van der Waals surface area contributed by atoms with Crippen molar-refractivity contribution < 1.29 is 63.1 Å². The molecule has 1 rings (SSSR count). The van der Waals surface area contributed by atoms with E-state index < -0.39 is 75.7 Å². The minimum atomic E-state index is -5.12. The third kappa shape index (κ3) is 28.1. The molecule has 8 atom stereocenters. The Morgan fingerprint density at radius 1 is 0.525 bits per heavy atom. The number of hydrogen-bond donors (Lipinski definition) is 6. The Hall–Kier alpha value is -2.19. The van der Waals surface area contributed by atoms with Gasteiger partial charge in [-0.15, -0.1) is 0 Å². The van der Waals surface area contributed by atoms with Crippen LogP contribution in [0.15, 0.2) is 48.6 Å². The summed E-state index contributed by atoms with van der Waals surface area (Å²) in [5.74, 6) is -1.13. The van der Waals surface area contributed by atoms with Crippen molar-refractivity contribution in [3.8, 4) is 0 Å². The van der Waals surface area contributed by atoms with Crippen LogP contribution >= 0.6 is 7.82 Å². The van der Waals surface area contributed by atoms with Gasteiger partial charge in [-0.05, 0) is 77.0 Å². The predicted molar refractivity (Wildman–Crippen MR) is 230 cm³/mol. The lowest BCUT2D eigenvalue weighted by molar-refractivity contribution is -0.220. The first kappa shape index (κ1) is 54.8. The molecule has 0 amide bonds. The molecule has 0 heterocycles. The van der Waals surface area contributed by atoms with Gasteiger partial charge < -0.3 is 39.9 Å². The molecule has 1 fully saturated rings. The molecule has 0 aliphatic heterocycles. The number of phosphoric ester groups is 1. The van der Waals surface area contributed by atoms with Crippen LogP contribution in [0.1, 0.15) is 168 Å². The van der Waals surface area contributed by atoms with Crippen molar-refractivity contribution in [2.45, 2.75) is 211 Å². The minimum absolute atomic E-state index is 0.0761. The van der Waals surface area contributed by atoms with Gasteiger partial charge in [-0.1, -0.05) is 127 Å². The van der Waals surface area contributed by atoms with E-state index in [2.05, 4.69) is 62.5 Å². The summed E-state index contributed by atoms with van der Waals surface area (Å²) < 4.78 is 33.5. The third-order valence-electron chi connectivity index (χ3n) is 10.1. The van der Waals surface area contributed by atoms with Gasteiger partial charge in [-0.25, -0.2) is 4.57 Å². The molecule has 0 aromatic rings. The van der Waals surface area contributed by atoms with Crippen molar-refractivity contribution in [1.82, 2.24) is 0 Å². The second-order valence-electron chi connectivity index (χ2n) is 15.5. The second kappa shape index (κ2) is 35.4. The van der Waals surface area contributed by atoms with Crippen LogP contribution in [0.4, 0.5) is 0 Å². The number of aliphatic hydroxyl groups excluding tert-OH is 5. The summed E-state index contributed by atoms with van der Waals surface area (Å²) in [6, 6.07) is 0. The summed E-state index contributed by atoms with van der Waals surface area (Å²) in [6.07, 6.45) is 27.3. The average molecular weight is 859 g/mol. The van der Waals surface area contributed by atoms with Gasteiger partial charge in [0.15, 0.2) is 6.10 Å². The zero-order valence-corrected chi connectivity index (χ0v) is 36.9. The van der Waals surface area contributed by atoms with Gasteiger partial charge in [-0.2, -0.15) is 0 Å². The van der Waals surface area contributed by atoms with E-state index in [1.807, 2.05) is 0 Å². The molecular weight excluding hydrogens is 779 g/mol. The summed E-state index contributed by atoms with van der Waals surface area (Å²) >= 11 is 0. The van der Waals surface area contributed by atoms with E-state index in [1.54, 1.807) is 0 Å². The lowest BCUT2D eigenvalue weighted by atomic mass is 9.85. The Morgan fingerprint density at radius 3 is 1.37 bits per heavy atom. The average Bonchev–Trinajstić information content (AvgIpc) is 3.21. The van der Waals surface area contributed by atoms with E-state index in [0.29, 0.717) is 12.8 Å². The monoisotopic (exact) mass is 859 g/mol. The van der Waals surface area contributed by atoms with Gasteiger partial charge >= 0.3 is 19.8 Å². The highest BCUT2D eigenvalue weighted by Gasteiger charge is 2.51. The standard InChI is InChI=1S/C45H79O13P/c1-3-5-7-9-11-13-15-17-19-21-23-25-27-29-31-33-38(46)55-35-37(36-56-59(53,54)58-45-43(51)41(49)40(48)42(50)44(45)52)57-39(47)34-32-30-28-26-24-22-20-18-16-14-12-10-8-6-4-2/h11-14,17-20,37,40-45,48-52H,3-10,15-16,21-36H2,1-2H3,(H,53,54)/b13-11+,14-12+,19-17+,20-18+/t37?,40?,41-,42+,43-,44-,45?/m0/s1. The van der Waals surface area contributed by atoms with Gasteiger partial charge in [0.05, 0.1) is 6.61 Å². The Balaban J connectivity index is 2.50. The Labute approximate surface area is 354 Å². The molecule has 0 spiro atoms. The molecule has 1 saturated carbocycles. The Bertz CT molecular complexity index is 1220. The quantitative estimate of drug-likeness (QED) is 0.0152. The molecular formula is C45H79O13P. The molecule has 0 aromatic carbocycles. The number of ether oxygens (including phenoxy) is 2. The fourth-order valence-corrected chi connectivity index (χ4v) is 7.44. The molecule has 1 aliphatic carbocycles.